The first-order valence-electron chi connectivity index (χ1n) is 3.58. The van der Waals surface area contributed by atoms with E-state index < -0.39 is 22.9 Å². The van der Waals surface area contributed by atoms with Crippen LogP contribution in [0.1, 0.15) is 22.5 Å². The summed E-state index contributed by atoms with van der Waals surface area (Å²) in [4.78, 5) is 14.2. The van der Waals surface area contributed by atoms with Crippen molar-refractivity contribution < 1.29 is 18.3 Å². The zero-order valence-corrected chi connectivity index (χ0v) is 7.89. The van der Waals surface area contributed by atoms with Gasteiger partial charge in [0.2, 0.25) is 0 Å². The number of hydrogen-bond acceptors (Lipinski definition) is 3. The first-order valence-corrected chi connectivity index (χ1v) is 3.96. The van der Waals surface area contributed by atoms with E-state index in [2.05, 4.69) is 9.72 Å². The molecule has 0 radical (unpaired) electrons. The Morgan fingerprint density at radius 1 is 1.64 bits per heavy atom. The summed E-state index contributed by atoms with van der Waals surface area (Å²) in [7, 11) is 1.23. The molecule has 1 rings (SSSR count). The molecule has 0 aromatic carbocycles. The normalized spacial score (nSPS) is 10.4. The second-order valence-corrected chi connectivity index (χ2v) is 2.69. The van der Waals surface area contributed by atoms with Crippen LogP contribution in [0.4, 0.5) is 8.78 Å². The van der Waals surface area contributed by atoms with Gasteiger partial charge in [-0.3, -0.25) is 9.78 Å². The van der Waals surface area contributed by atoms with Gasteiger partial charge in [-0.05, 0) is 17.7 Å². The van der Waals surface area contributed by atoms with Crippen molar-refractivity contribution in [3.8, 4) is 5.75 Å². The molecule has 1 aromatic heterocycles. The number of pyridine rings is 1. The van der Waals surface area contributed by atoms with E-state index >= 15 is 0 Å². The van der Waals surface area contributed by atoms with Gasteiger partial charge in [0.1, 0.15) is 11.4 Å². The van der Waals surface area contributed by atoms with Crippen molar-refractivity contribution in [2.45, 2.75) is 6.43 Å². The standard InChI is InChI=1S/C8H6ClF2NO2/c1-14-4-2-3-12-6(7(9)13)5(4)8(10)11/h2-3,8H,1H3. The fourth-order valence-electron chi connectivity index (χ4n) is 1.00. The molecule has 0 spiro atoms. The summed E-state index contributed by atoms with van der Waals surface area (Å²) in [6.07, 6.45) is -1.67. The lowest BCUT2D eigenvalue weighted by molar-refractivity contribution is 0.105. The van der Waals surface area contributed by atoms with Crippen molar-refractivity contribution in [1.82, 2.24) is 4.98 Å². The fraction of sp³-hybridized carbons (Fsp3) is 0.250. The number of ether oxygens (including phenoxy) is 1. The summed E-state index contributed by atoms with van der Waals surface area (Å²) in [5.74, 6) is -0.0981. The molecule has 0 saturated carbocycles. The maximum Gasteiger partial charge on any atom is 0.271 e. The Morgan fingerprint density at radius 2 is 2.29 bits per heavy atom. The number of alkyl halides is 2. The van der Waals surface area contributed by atoms with Gasteiger partial charge >= 0.3 is 0 Å². The van der Waals surface area contributed by atoms with E-state index in [0.29, 0.717) is 0 Å². The summed E-state index contributed by atoms with van der Waals surface area (Å²) >= 11 is 5.09. The van der Waals surface area contributed by atoms with E-state index in [1.165, 1.54) is 19.4 Å². The molecule has 0 saturated heterocycles. The summed E-state index contributed by atoms with van der Waals surface area (Å²) in [6.45, 7) is 0. The molecule has 0 unspecified atom stereocenters. The van der Waals surface area contributed by atoms with Crippen molar-refractivity contribution in [2.75, 3.05) is 7.11 Å². The second kappa shape index (κ2) is 4.32. The van der Waals surface area contributed by atoms with Crippen molar-refractivity contribution in [2.24, 2.45) is 0 Å². The SMILES string of the molecule is COc1ccnc(C(=O)Cl)c1C(F)F. The van der Waals surface area contributed by atoms with Crippen LogP contribution in [0, 0.1) is 0 Å². The van der Waals surface area contributed by atoms with Crippen LogP contribution in [0.2, 0.25) is 0 Å². The highest BCUT2D eigenvalue weighted by Gasteiger charge is 2.23. The third-order valence-electron chi connectivity index (χ3n) is 1.57. The van der Waals surface area contributed by atoms with Crippen LogP contribution in [-0.4, -0.2) is 17.3 Å². The molecular formula is C8H6ClF2NO2. The van der Waals surface area contributed by atoms with E-state index in [4.69, 9.17) is 11.6 Å². The predicted octanol–water partition coefficient (Wildman–Crippen LogP) is 2.41. The molecule has 0 atom stereocenters. The predicted molar refractivity (Wildman–Crippen MR) is 45.9 cm³/mol. The molecule has 0 aliphatic rings. The summed E-state index contributed by atoms with van der Waals surface area (Å²) in [5.41, 5.74) is -1.05. The molecular weight excluding hydrogens is 216 g/mol. The van der Waals surface area contributed by atoms with Crippen molar-refractivity contribution >= 4 is 16.8 Å². The number of nitrogens with zero attached hydrogens (tertiary/aromatic N) is 1. The minimum absolute atomic E-state index is 0.0981. The lowest BCUT2D eigenvalue weighted by atomic mass is 10.2. The lowest BCUT2D eigenvalue weighted by Crippen LogP contribution is -2.04. The Labute approximate surface area is 83.7 Å². The first kappa shape index (κ1) is 10.8. The highest BCUT2D eigenvalue weighted by atomic mass is 35.5. The van der Waals surface area contributed by atoms with E-state index in [1.54, 1.807) is 0 Å². The summed E-state index contributed by atoms with van der Waals surface area (Å²) in [6, 6.07) is 1.24. The number of rotatable bonds is 3. The Morgan fingerprint density at radius 3 is 2.71 bits per heavy atom. The number of carbonyl (C=O) groups excluding carboxylic acids is 1. The molecule has 0 N–H and O–H groups in total. The van der Waals surface area contributed by atoms with E-state index in [1.807, 2.05) is 0 Å². The number of carbonyl (C=O) groups is 1. The fourth-order valence-corrected chi connectivity index (χ4v) is 1.15. The van der Waals surface area contributed by atoms with Gasteiger partial charge in [-0.1, -0.05) is 0 Å². The highest BCUT2D eigenvalue weighted by Crippen LogP contribution is 2.31. The number of methoxy groups -OCH3 is 1. The van der Waals surface area contributed by atoms with Gasteiger partial charge in [0.05, 0.1) is 12.7 Å². The summed E-state index contributed by atoms with van der Waals surface area (Å²) < 4.78 is 29.7. The monoisotopic (exact) mass is 221 g/mol. The Hall–Kier alpha value is -1.23. The molecule has 1 heterocycles. The Bertz CT molecular complexity index is 357. The maximum atomic E-state index is 12.5. The van der Waals surface area contributed by atoms with Crippen molar-refractivity contribution in [1.29, 1.82) is 0 Å². The molecule has 1 aromatic rings. The van der Waals surface area contributed by atoms with Gasteiger partial charge in [0.25, 0.3) is 11.7 Å². The minimum atomic E-state index is -2.85. The third kappa shape index (κ3) is 1.98. The molecule has 0 aliphatic carbocycles. The van der Waals surface area contributed by atoms with Gasteiger partial charge < -0.3 is 4.74 Å². The van der Waals surface area contributed by atoms with E-state index in [0.717, 1.165) is 0 Å². The molecule has 6 heteroatoms. The van der Waals surface area contributed by atoms with Gasteiger partial charge in [0.15, 0.2) is 0 Å². The second-order valence-electron chi connectivity index (χ2n) is 2.35. The largest absolute Gasteiger partial charge is 0.496 e. The van der Waals surface area contributed by atoms with Crippen LogP contribution in [0.3, 0.4) is 0 Å². The van der Waals surface area contributed by atoms with Crippen LogP contribution in [0.15, 0.2) is 12.3 Å². The number of halogens is 3. The van der Waals surface area contributed by atoms with Gasteiger partial charge in [-0.15, -0.1) is 0 Å². The van der Waals surface area contributed by atoms with Crippen LogP contribution in [0.5, 0.6) is 5.75 Å². The van der Waals surface area contributed by atoms with Crippen molar-refractivity contribution in [3.05, 3.63) is 23.5 Å². The molecule has 76 valence electrons. The molecule has 0 aliphatic heterocycles. The lowest BCUT2D eigenvalue weighted by Gasteiger charge is -2.09. The average Bonchev–Trinajstić information content (AvgIpc) is 2.16. The number of hydrogen-bond donors (Lipinski definition) is 0. The molecule has 14 heavy (non-hydrogen) atoms. The van der Waals surface area contributed by atoms with Crippen molar-refractivity contribution in [3.63, 3.8) is 0 Å². The quantitative estimate of drug-likeness (QED) is 0.736. The Kier molecular flexibility index (Phi) is 3.35. The van der Waals surface area contributed by atoms with Crippen LogP contribution < -0.4 is 4.74 Å². The van der Waals surface area contributed by atoms with Gasteiger partial charge in [0, 0.05) is 6.20 Å². The zero-order valence-electron chi connectivity index (χ0n) is 7.13. The highest BCUT2D eigenvalue weighted by molar-refractivity contribution is 6.67. The minimum Gasteiger partial charge on any atom is -0.496 e. The first-order chi connectivity index (χ1) is 6.57. The van der Waals surface area contributed by atoms with Gasteiger partial charge in [-0.2, -0.15) is 0 Å². The van der Waals surface area contributed by atoms with Crippen LogP contribution in [0.25, 0.3) is 0 Å². The molecule has 0 fully saturated rings. The Balaban J connectivity index is 3.35. The zero-order chi connectivity index (χ0) is 10.7. The number of aromatic nitrogens is 1. The maximum absolute atomic E-state index is 12.5. The molecule has 0 amide bonds. The topological polar surface area (TPSA) is 39.2 Å². The van der Waals surface area contributed by atoms with Gasteiger partial charge in [-0.25, -0.2) is 8.78 Å². The van der Waals surface area contributed by atoms with Crippen LogP contribution in [-0.2, 0) is 0 Å². The molecule has 0 bridgehead atoms. The summed E-state index contributed by atoms with van der Waals surface area (Å²) in [5, 5.41) is -1.03. The van der Waals surface area contributed by atoms with Crippen LogP contribution >= 0.6 is 11.6 Å². The average molecular weight is 222 g/mol. The van der Waals surface area contributed by atoms with E-state index in [-0.39, 0.29) is 5.75 Å². The molecule has 3 nitrogen and oxygen atoms in total. The van der Waals surface area contributed by atoms with E-state index in [9.17, 15) is 13.6 Å². The smallest absolute Gasteiger partial charge is 0.271 e. The third-order valence-corrected chi connectivity index (χ3v) is 1.75.